The average Bonchev–Trinajstić information content (AvgIpc) is 2.71. The first-order valence-electron chi connectivity index (χ1n) is 5.99. The fourth-order valence-corrected chi connectivity index (χ4v) is 2.30. The molecule has 0 radical (unpaired) electrons. The SMILES string of the molecule is CC1CCCCN1C(=O)c1nn(C)cc1[N+](=O)[O-]. The molecule has 98 valence electrons. The monoisotopic (exact) mass is 252 g/mol. The Morgan fingerprint density at radius 2 is 2.28 bits per heavy atom. The maximum absolute atomic E-state index is 12.3. The van der Waals surface area contributed by atoms with Crippen LogP contribution in [0.2, 0.25) is 0 Å². The number of aryl methyl sites for hydroxylation is 1. The molecule has 1 aliphatic rings. The normalized spacial score (nSPS) is 19.9. The molecule has 0 spiro atoms. The van der Waals surface area contributed by atoms with Crippen LogP contribution in [0.3, 0.4) is 0 Å². The van der Waals surface area contributed by atoms with E-state index in [9.17, 15) is 14.9 Å². The van der Waals surface area contributed by atoms with E-state index in [1.54, 1.807) is 11.9 Å². The Morgan fingerprint density at radius 3 is 2.89 bits per heavy atom. The summed E-state index contributed by atoms with van der Waals surface area (Å²) < 4.78 is 1.31. The predicted molar refractivity (Wildman–Crippen MR) is 64.2 cm³/mol. The summed E-state index contributed by atoms with van der Waals surface area (Å²) in [7, 11) is 1.57. The van der Waals surface area contributed by atoms with Crippen LogP contribution in [0, 0.1) is 10.1 Å². The van der Waals surface area contributed by atoms with E-state index in [1.165, 1.54) is 10.9 Å². The molecule has 18 heavy (non-hydrogen) atoms. The standard InChI is InChI=1S/C11H16N4O3/c1-8-5-3-4-6-14(8)11(16)10-9(15(17)18)7-13(2)12-10/h7-8H,3-6H2,1-2H3. The van der Waals surface area contributed by atoms with Crippen molar-refractivity contribution in [2.45, 2.75) is 32.2 Å². The van der Waals surface area contributed by atoms with E-state index in [-0.39, 0.29) is 23.3 Å². The largest absolute Gasteiger partial charge is 0.334 e. The lowest BCUT2D eigenvalue weighted by molar-refractivity contribution is -0.385. The van der Waals surface area contributed by atoms with Crippen molar-refractivity contribution in [2.24, 2.45) is 7.05 Å². The molecule has 1 aromatic rings. The number of hydrogen-bond acceptors (Lipinski definition) is 4. The van der Waals surface area contributed by atoms with E-state index in [0.29, 0.717) is 6.54 Å². The summed E-state index contributed by atoms with van der Waals surface area (Å²) in [6.45, 7) is 2.61. The van der Waals surface area contributed by atoms with Crippen molar-refractivity contribution in [1.82, 2.24) is 14.7 Å². The van der Waals surface area contributed by atoms with Gasteiger partial charge in [0.15, 0.2) is 0 Å². The summed E-state index contributed by atoms with van der Waals surface area (Å²) in [5.41, 5.74) is -0.281. The minimum Gasteiger partial charge on any atom is -0.334 e. The van der Waals surface area contributed by atoms with Crippen LogP contribution in [0.15, 0.2) is 6.20 Å². The first-order chi connectivity index (χ1) is 8.50. The molecule has 7 heteroatoms. The molecule has 1 unspecified atom stereocenters. The van der Waals surface area contributed by atoms with Crippen molar-refractivity contribution in [3.8, 4) is 0 Å². The highest BCUT2D eigenvalue weighted by Gasteiger charge is 2.32. The van der Waals surface area contributed by atoms with Crippen molar-refractivity contribution in [1.29, 1.82) is 0 Å². The molecule has 2 heterocycles. The van der Waals surface area contributed by atoms with Crippen molar-refractivity contribution in [2.75, 3.05) is 6.54 Å². The van der Waals surface area contributed by atoms with Gasteiger partial charge in [0.25, 0.3) is 5.91 Å². The zero-order chi connectivity index (χ0) is 13.3. The number of likely N-dealkylation sites (tertiary alicyclic amines) is 1. The molecular formula is C11H16N4O3. The third kappa shape index (κ3) is 2.20. The Kier molecular flexibility index (Phi) is 3.31. The van der Waals surface area contributed by atoms with Gasteiger partial charge in [0.05, 0.1) is 4.92 Å². The van der Waals surface area contributed by atoms with Gasteiger partial charge in [-0.1, -0.05) is 0 Å². The second-order valence-electron chi connectivity index (χ2n) is 4.64. The molecule has 0 N–H and O–H groups in total. The molecule has 0 aromatic carbocycles. The lowest BCUT2D eigenvalue weighted by Crippen LogP contribution is -2.42. The van der Waals surface area contributed by atoms with Gasteiger partial charge in [0.1, 0.15) is 6.20 Å². The van der Waals surface area contributed by atoms with Gasteiger partial charge < -0.3 is 4.90 Å². The smallest absolute Gasteiger partial charge is 0.320 e. The highest BCUT2D eigenvalue weighted by atomic mass is 16.6. The van der Waals surface area contributed by atoms with Crippen molar-refractivity contribution >= 4 is 11.6 Å². The zero-order valence-corrected chi connectivity index (χ0v) is 10.5. The topological polar surface area (TPSA) is 81.3 Å². The minimum atomic E-state index is -0.561. The molecule has 1 atom stereocenters. The van der Waals surface area contributed by atoms with Gasteiger partial charge in [-0.25, -0.2) is 0 Å². The number of nitro groups is 1. The quantitative estimate of drug-likeness (QED) is 0.587. The van der Waals surface area contributed by atoms with E-state index in [1.807, 2.05) is 6.92 Å². The Hall–Kier alpha value is -1.92. The van der Waals surface area contributed by atoms with Crippen molar-refractivity contribution in [3.05, 3.63) is 22.0 Å². The predicted octanol–water partition coefficient (Wildman–Crippen LogP) is 1.34. The van der Waals surface area contributed by atoms with Crippen LogP contribution in [-0.2, 0) is 7.05 Å². The van der Waals surface area contributed by atoms with E-state index < -0.39 is 4.92 Å². The average molecular weight is 252 g/mol. The lowest BCUT2D eigenvalue weighted by Gasteiger charge is -2.32. The Balaban J connectivity index is 2.30. The molecule has 1 fully saturated rings. The summed E-state index contributed by atoms with van der Waals surface area (Å²) in [5.74, 6) is -0.338. The summed E-state index contributed by atoms with van der Waals surface area (Å²) in [6, 6.07) is 0.118. The van der Waals surface area contributed by atoms with Gasteiger partial charge in [-0.2, -0.15) is 5.10 Å². The van der Waals surface area contributed by atoms with Crippen molar-refractivity contribution in [3.63, 3.8) is 0 Å². The molecule has 1 saturated heterocycles. The zero-order valence-electron chi connectivity index (χ0n) is 10.5. The molecule has 0 saturated carbocycles. The highest BCUT2D eigenvalue weighted by Crippen LogP contribution is 2.23. The van der Waals surface area contributed by atoms with Gasteiger partial charge in [0.2, 0.25) is 5.69 Å². The van der Waals surface area contributed by atoms with Gasteiger partial charge >= 0.3 is 5.69 Å². The van der Waals surface area contributed by atoms with Gasteiger partial charge in [0, 0.05) is 19.6 Å². The summed E-state index contributed by atoms with van der Waals surface area (Å²) in [6.07, 6.45) is 4.24. The third-order valence-corrected chi connectivity index (χ3v) is 3.27. The first kappa shape index (κ1) is 12.5. The van der Waals surface area contributed by atoms with Crippen LogP contribution in [0.4, 0.5) is 5.69 Å². The number of carbonyl (C=O) groups is 1. The Bertz CT molecular complexity index is 483. The third-order valence-electron chi connectivity index (χ3n) is 3.27. The van der Waals surface area contributed by atoms with Gasteiger partial charge in [-0.3, -0.25) is 19.6 Å². The van der Waals surface area contributed by atoms with E-state index in [0.717, 1.165) is 19.3 Å². The van der Waals surface area contributed by atoms with Gasteiger partial charge in [-0.05, 0) is 26.2 Å². The van der Waals surface area contributed by atoms with Crippen LogP contribution in [0.1, 0.15) is 36.7 Å². The van der Waals surface area contributed by atoms with Crippen LogP contribution in [-0.4, -0.2) is 38.1 Å². The van der Waals surface area contributed by atoms with E-state index in [4.69, 9.17) is 0 Å². The Labute approximate surface area is 105 Å². The number of carbonyl (C=O) groups excluding carboxylic acids is 1. The van der Waals surface area contributed by atoms with Crippen LogP contribution in [0.5, 0.6) is 0 Å². The number of rotatable bonds is 2. The second kappa shape index (κ2) is 4.75. The van der Waals surface area contributed by atoms with Crippen LogP contribution < -0.4 is 0 Å². The Morgan fingerprint density at radius 1 is 1.56 bits per heavy atom. The molecule has 1 aliphatic heterocycles. The van der Waals surface area contributed by atoms with E-state index in [2.05, 4.69) is 5.10 Å². The molecule has 7 nitrogen and oxygen atoms in total. The summed E-state index contributed by atoms with van der Waals surface area (Å²) in [5, 5.41) is 14.8. The summed E-state index contributed by atoms with van der Waals surface area (Å²) >= 11 is 0. The summed E-state index contributed by atoms with van der Waals surface area (Å²) in [4.78, 5) is 24.3. The minimum absolute atomic E-state index is 0.0590. The highest BCUT2D eigenvalue weighted by molar-refractivity contribution is 5.96. The first-order valence-corrected chi connectivity index (χ1v) is 5.99. The molecule has 1 aromatic heterocycles. The second-order valence-corrected chi connectivity index (χ2v) is 4.64. The molecule has 0 bridgehead atoms. The fraction of sp³-hybridized carbons (Fsp3) is 0.636. The number of nitrogens with zero attached hydrogens (tertiary/aromatic N) is 4. The molecular weight excluding hydrogens is 236 g/mol. The maximum Gasteiger partial charge on any atom is 0.320 e. The number of amides is 1. The number of piperidine rings is 1. The molecule has 2 rings (SSSR count). The lowest BCUT2D eigenvalue weighted by atomic mass is 10.0. The molecule has 1 amide bonds. The van der Waals surface area contributed by atoms with Crippen LogP contribution >= 0.6 is 0 Å². The van der Waals surface area contributed by atoms with Gasteiger partial charge in [-0.15, -0.1) is 0 Å². The van der Waals surface area contributed by atoms with Crippen LogP contribution in [0.25, 0.3) is 0 Å². The number of aromatic nitrogens is 2. The van der Waals surface area contributed by atoms with Crippen molar-refractivity contribution < 1.29 is 9.72 Å². The molecule has 0 aliphatic carbocycles. The van der Waals surface area contributed by atoms with E-state index >= 15 is 0 Å². The maximum atomic E-state index is 12.3. The fourth-order valence-electron chi connectivity index (χ4n) is 2.30. The number of hydrogen-bond donors (Lipinski definition) is 0.